The predicted molar refractivity (Wildman–Crippen MR) is 88.1 cm³/mol. The number of carbonyl (C=O) groups excluding carboxylic acids is 3. The lowest BCUT2D eigenvalue weighted by molar-refractivity contribution is -0.132. The first-order chi connectivity index (χ1) is 11.4. The Hall–Kier alpha value is -2.86. The normalized spacial score (nSPS) is 20.0. The van der Waals surface area contributed by atoms with Crippen molar-refractivity contribution >= 4 is 29.4 Å². The number of amides is 4. The van der Waals surface area contributed by atoms with E-state index >= 15 is 0 Å². The number of nitrogens with zero attached hydrogens (tertiary/aromatic N) is 1. The van der Waals surface area contributed by atoms with Crippen molar-refractivity contribution in [3.8, 4) is 0 Å². The highest BCUT2D eigenvalue weighted by Gasteiger charge is 2.50. The minimum Gasteiger partial charge on any atom is -0.318 e. The van der Waals surface area contributed by atoms with E-state index in [2.05, 4.69) is 10.7 Å². The second kappa shape index (κ2) is 5.98. The van der Waals surface area contributed by atoms with Crippen molar-refractivity contribution in [2.24, 2.45) is 0 Å². The van der Waals surface area contributed by atoms with Crippen LogP contribution in [0, 0.1) is 0 Å². The Morgan fingerprint density at radius 2 is 1.71 bits per heavy atom. The number of nitrogens with one attached hydrogen (secondary N) is 2. The number of halogens is 1. The van der Waals surface area contributed by atoms with Crippen LogP contribution in [0.4, 0.5) is 4.79 Å². The average Bonchev–Trinajstić information content (AvgIpc) is 2.80. The van der Waals surface area contributed by atoms with Gasteiger partial charge in [0.25, 0.3) is 11.8 Å². The van der Waals surface area contributed by atoms with Crippen LogP contribution < -0.4 is 10.7 Å². The summed E-state index contributed by atoms with van der Waals surface area (Å²) >= 11 is 5.96. The smallest absolute Gasteiger partial charge is 0.318 e. The molecule has 0 spiro atoms. The number of urea groups is 1. The predicted octanol–water partition coefficient (Wildman–Crippen LogP) is 2.45. The maximum atomic E-state index is 12.7. The van der Waals surface area contributed by atoms with Crippen molar-refractivity contribution < 1.29 is 14.4 Å². The van der Waals surface area contributed by atoms with Crippen LogP contribution in [0.15, 0.2) is 54.6 Å². The molecule has 0 bridgehead atoms. The lowest BCUT2D eigenvalue weighted by Crippen LogP contribution is -2.48. The summed E-state index contributed by atoms with van der Waals surface area (Å²) in [4.78, 5) is 37.1. The van der Waals surface area contributed by atoms with Gasteiger partial charge >= 0.3 is 6.03 Å². The van der Waals surface area contributed by atoms with Crippen molar-refractivity contribution in [3.05, 3.63) is 70.7 Å². The van der Waals surface area contributed by atoms with Crippen molar-refractivity contribution in [2.75, 3.05) is 0 Å². The number of hydrazine groups is 1. The molecule has 0 aromatic heterocycles. The van der Waals surface area contributed by atoms with Gasteiger partial charge in [0.05, 0.1) is 10.6 Å². The highest BCUT2D eigenvalue weighted by atomic mass is 35.5. The molecule has 2 aromatic carbocycles. The summed E-state index contributed by atoms with van der Waals surface area (Å²) in [6.45, 7) is 1.59. The van der Waals surface area contributed by atoms with Crippen LogP contribution in [0.1, 0.15) is 22.8 Å². The second-order valence-electron chi connectivity index (χ2n) is 5.48. The molecule has 2 aromatic rings. The Labute approximate surface area is 143 Å². The third kappa shape index (κ3) is 2.61. The molecule has 1 aliphatic rings. The van der Waals surface area contributed by atoms with Crippen LogP contribution in [-0.4, -0.2) is 22.9 Å². The van der Waals surface area contributed by atoms with E-state index in [4.69, 9.17) is 11.6 Å². The lowest BCUT2D eigenvalue weighted by atomic mass is 9.92. The summed E-state index contributed by atoms with van der Waals surface area (Å²) in [5.41, 5.74) is 1.86. The van der Waals surface area contributed by atoms with Crippen molar-refractivity contribution in [1.82, 2.24) is 15.8 Å². The third-order valence-corrected chi connectivity index (χ3v) is 4.20. The van der Waals surface area contributed by atoms with E-state index in [1.54, 1.807) is 49.4 Å². The van der Waals surface area contributed by atoms with Gasteiger partial charge in [0.1, 0.15) is 5.54 Å². The molecule has 1 atom stereocenters. The zero-order valence-electron chi connectivity index (χ0n) is 12.7. The Bertz CT molecular complexity index is 825. The molecular formula is C17H14ClN3O3. The van der Waals surface area contributed by atoms with Gasteiger partial charge in [-0.2, -0.15) is 5.01 Å². The number of hydrogen-bond donors (Lipinski definition) is 2. The average molecular weight is 344 g/mol. The summed E-state index contributed by atoms with van der Waals surface area (Å²) in [5.74, 6) is -1.21. The third-order valence-electron chi connectivity index (χ3n) is 3.87. The fourth-order valence-corrected chi connectivity index (χ4v) is 2.74. The molecule has 0 aliphatic carbocycles. The molecule has 1 saturated heterocycles. The summed E-state index contributed by atoms with van der Waals surface area (Å²) in [5, 5.41) is 3.52. The van der Waals surface area contributed by atoms with Crippen LogP contribution in [0.25, 0.3) is 0 Å². The van der Waals surface area contributed by atoms with E-state index < -0.39 is 23.4 Å². The van der Waals surface area contributed by atoms with Crippen LogP contribution >= 0.6 is 11.6 Å². The van der Waals surface area contributed by atoms with E-state index in [0.29, 0.717) is 10.6 Å². The molecule has 1 aliphatic heterocycles. The lowest BCUT2D eigenvalue weighted by Gasteiger charge is -2.22. The summed E-state index contributed by atoms with van der Waals surface area (Å²) in [6.07, 6.45) is 0. The Morgan fingerprint density at radius 1 is 1.08 bits per heavy atom. The first-order valence-electron chi connectivity index (χ1n) is 7.21. The van der Waals surface area contributed by atoms with E-state index in [1.807, 2.05) is 6.07 Å². The molecule has 122 valence electrons. The first kappa shape index (κ1) is 16.0. The van der Waals surface area contributed by atoms with Gasteiger partial charge < -0.3 is 5.32 Å². The molecule has 4 amide bonds. The Kier molecular flexibility index (Phi) is 3.99. The molecule has 2 N–H and O–H groups in total. The van der Waals surface area contributed by atoms with E-state index in [9.17, 15) is 14.4 Å². The standard InChI is InChI=1S/C17H14ClN3O3/c1-17(11-7-3-2-4-8-11)15(23)21(16(24)19-17)20-14(22)12-9-5-6-10-13(12)18/h2-10H,1H3,(H,19,24)(H,20,22). The van der Waals surface area contributed by atoms with Gasteiger partial charge in [-0.15, -0.1) is 0 Å². The van der Waals surface area contributed by atoms with Crippen LogP contribution in [0.3, 0.4) is 0 Å². The molecule has 0 saturated carbocycles. The van der Waals surface area contributed by atoms with Gasteiger partial charge in [-0.3, -0.25) is 15.0 Å². The molecule has 7 heteroatoms. The molecule has 1 fully saturated rings. The number of hydrogen-bond acceptors (Lipinski definition) is 3. The quantitative estimate of drug-likeness (QED) is 0.840. The molecule has 3 rings (SSSR count). The monoisotopic (exact) mass is 343 g/mol. The van der Waals surface area contributed by atoms with Gasteiger partial charge in [0, 0.05) is 0 Å². The zero-order valence-corrected chi connectivity index (χ0v) is 13.5. The molecule has 6 nitrogen and oxygen atoms in total. The number of imide groups is 1. The fourth-order valence-electron chi connectivity index (χ4n) is 2.51. The van der Waals surface area contributed by atoms with Crippen molar-refractivity contribution in [2.45, 2.75) is 12.5 Å². The maximum Gasteiger partial charge on any atom is 0.344 e. The fraction of sp³-hybridized carbons (Fsp3) is 0.118. The van der Waals surface area contributed by atoms with Crippen LogP contribution in [0.2, 0.25) is 5.02 Å². The molecule has 24 heavy (non-hydrogen) atoms. The van der Waals surface area contributed by atoms with E-state index in [1.165, 1.54) is 6.07 Å². The second-order valence-corrected chi connectivity index (χ2v) is 5.89. The molecule has 0 radical (unpaired) electrons. The largest absolute Gasteiger partial charge is 0.344 e. The minimum absolute atomic E-state index is 0.174. The van der Waals surface area contributed by atoms with E-state index in [0.717, 1.165) is 0 Å². The number of benzene rings is 2. The maximum absolute atomic E-state index is 12.7. The SMILES string of the molecule is CC1(c2ccccc2)NC(=O)N(NC(=O)c2ccccc2Cl)C1=O. The van der Waals surface area contributed by atoms with Gasteiger partial charge in [0.2, 0.25) is 0 Å². The van der Waals surface area contributed by atoms with Crippen LogP contribution in [-0.2, 0) is 10.3 Å². The number of carbonyl (C=O) groups is 3. The Balaban J connectivity index is 1.85. The highest BCUT2D eigenvalue weighted by Crippen LogP contribution is 2.27. The van der Waals surface area contributed by atoms with Crippen molar-refractivity contribution in [3.63, 3.8) is 0 Å². The van der Waals surface area contributed by atoms with Gasteiger partial charge in [-0.1, -0.05) is 54.1 Å². The number of rotatable bonds is 3. The highest BCUT2D eigenvalue weighted by molar-refractivity contribution is 6.33. The van der Waals surface area contributed by atoms with Gasteiger partial charge in [0.15, 0.2) is 0 Å². The summed E-state index contributed by atoms with van der Waals surface area (Å²) in [6, 6.07) is 14.5. The minimum atomic E-state index is -1.24. The molecule has 1 heterocycles. The van der Waals surface area contributed by atoms with Crippen LogP contribution in [0.5, 0.6) is 0 Å². The molecular weight excluding hydrogens is 330 g/mol. The van der Waals surface area contributed by atoms with Crippen molar-refractivity contribution in [1.29, 1.82) is 0 Å². The summed E-state index contributed by atoms with van der Waals surface area (Å²) in [7, 11) is 0. The van der Waals surface area contributed by atoms with Gasteiger partial charge in [-0.25, -0.2) is 4.79 Å². The van der Waals surface area contributed by atoms with E-state index in [-0.39, 0.29) is 10.6 Å². The van der Waals surface area contributed by atoms with Gasteiger partial charge in [-0.05, 0) is 24.6 Å². The summed E-state index contributed by atoms with van der Waals surface area (Å²) < 4.78 is 0. The zero-order chi connectivity index (χ0) is 17.3. The first-order valence-corrected chi connectivity index (χ1v) is 7.59. The molecule has 1 unspecified atom stereocenters. The topological polar surface area (TPSA) is 78.5 Å². The Morgan fingerprint density at radius 3 is 2.38 bits per heavy atom.